The summed E-state index contributed by atoms with van der Waals surface area (Å²) < 4.78 is 28.1. The Kier molecular flexibility index (Phi) is 7.70. The van der Waals surface area contributed by atoms with E-state index in [1.165, 1.54) is 44.1 Å². The summed E-state index contributed by atoms with van der Waals surface area (Å²) in [5.41, 5.74) is 1.82. The van der Waals surface area contributed by atoms with Crippen molar-refractivity contribution in [3.63, 3.8) is 0 Å². The number of likely N-dealkylation sites (N-methyl/N-ethyl adjacent to an activating group) is 2. The monoisotopic (exact) mass is 571 g/mol. The van der Waals surface area contributed by atoms with E-state index in [2.05, 4.69) is 15.2 Å². The first-order valence-corrected chi connectivity index (χ1v) is 13.9. The Balaban J connectivity index is 0.00000304. The molecular formula is C23H27Cl2N5O4S2. The van der Waals surface area contributed by atoms with E-state index < -0.39 is 22.0 Å². The molecule has 1 fully saturated rings. The molecule has 2 aliphatic rings. The van der Waals surface area contributed by atoms with Crippen LogP contribution in [0.25, 0.3) is 10.9 Å². The maximum Gasteiger partial charge on any atom is 0.264 e. The van der Waals surface area contributed by atoms with E-state index in [-0.39, 0.29) is 43.0 Å². The minimum absolute atomic E-state index is 0. The molecule has 2 amide bonds. The third-order valence-corrected chi connectivity index (χ3v) is 9.79. The van der Waals surface area contributed by atoms with E-state index in [0.29, 0.717) is 20.8 Å². The molecule has 3 aromatic rings. The Morgan fingerprint density at radius 1 is 1.17 bits per heavy atom. The van der Waals surface area contributed by atoms with Gasteiger partial charge in [0, 0.05) is 60.6 Å². The number of sulfonamides is 1. The molecule has 1 aromatic carbocycles. The summed E-state index contributed by atoms with van der Waals surface area (Å²) >= 11 is 7.50. The fourth-order valence-corrected chi connectivity index (χ4v) is 7.54. The van der Waals surface area contributed by atoms with Crippen molar-refractivity contribution in [3.05, 3.63) is 50.7 Å². The normalized spacial score (nSPS) is 19.1. The van der Waals surface area contributed by atoms with Crippen LogP contribution in [-0.4, -0.2) is 85.6 Å². The average molecular weight is 573 g/mol. The summed E-state index contributed by atoms with van der Waals surface area (Å²) in [6, 6.07) is 7.62. The second-order valence-corrected chi connectivity index (χ2v) is 12.4. The van der Waals surface area contributed by atoms with Crippen LogP contribution in [0.2, 0.25) is 5.02 Å². The first-order chi connectivity index (χ1) is 16.7. The molecule has 0 spiro atoms. The lowest BCUT2D eigenvalue weighted by molar-refractivity contribution is -0.126. The summed E-state index contributed by atoms with van der Waals surface area (Å²) in [6.45, 7) is 1.82. The van der Waals surface area contributed by atoms with Crippen LogP contribution in [0.4, 0.5) is 0 Å². The number of benzene rings is 1. The van der Waals surface area contributed by atoms with E-state index in [0.717, 1.165) is 19.5 Å². The molecule has 9 nitrogen and oxygen atoms in total. The number of aromatic amines is 1. The highest BCUT2D eigenvalue weighted by atomic mass is 35.5. The quantitative estimate of drug-likeness (QED) is 0.500. The van der Waals surface area contributed by atoms with Gasteiger partial charge in [-0.1, -0.05) is 11.6 Å². The number of hydrogen-bond acceptors (Lipinski definition) is 6. The number of carbonyl (C=O) groups is 2. The number of halogens is 2. The zero-order valence-corrected chi connectivity index (χ0v) is 23.0. The third kappa shape index (κ3) is 4.88. The van der Waals surface area contributed by atoms with Gasteiger partial charge in [-0.3, -0.25) is 9.59 Å². The lowest BCUT2D eigenvalue weighted by Crippen LogP contribution is -2.61. The molecule has 5 rings (SSSR count). The molecule has 4 heterocycles. The van der Waals surface area contributed by atoms with Gasteiger partial charge < -0.3 is 20.1 Å². The number of hydrogen-bond donors (Lipinski definition) is 2. The Morgan fingerprint density at radius 3 is 2.69 bits per heavy atom. The number of carbonyl (C=O) groups excluding carboxylic acids is 2. The third-order valence-electron chi connectivity index (χ3n) is 6.61. The van der Waals surface area contributed by atoms with E-state index in [1.54, 1.807) is 18.2 Å². The van der Waals surface area contributed by atoms with Gasteiger partial charge >= 0.3 is 0 Å². The lowest BCUT2D eigenvalue weighted by atomic mass is 10.1. The van der Waals surface area contributed by atoms with Crippen LogP contribution in [0, 0.1) is 0 Å². The summed E-state index contributed by atoms with van der Waals surface area (Å²) in [5.74, 6) is -0.638. The van der Waals surface area contributed by atoms with Crippen molar-refractivity contribution in [3.8, 4) is 0 Å². The summed E-state index contributed by atoms with van der Waals surface area (Å²) in [7, 11) is -0.385. The van der Waals surface area contributed by atoms with Crippen molar-refractivity contribution in [2.24, 2.45) is 0 Å². The highest BCUT2D eigenvalue weighted by Crippen LogP contribution is 2.30. The molecule has 1 atom stereocenters. The van der Waals surface area contributed by atoms with Gasteiger partial charge in [0.25, 0.3) is 15.9 Å². The first kappa shape index (κ1) is 26.9. The molecule has 36 heavy (non-hydrogen) atoms. The molecular weight excluding hydrogens is 545 g/mol. The maximum absolute atomic E-state index is 13.5. The van der Waals surface area contributed by atoms with Crippen molar-refractivity contribution in [1.29, 1.82) is 0 Å². The molecule has 0 bridgehead atoms. The number of piperazine rings is 1. The van der Waals surface area contributed by atoms with E-state index in [9.17, 15) is 18.0 Å². The minimum atomic E-state index is -3.92. The standard InChI is InChI=1S/C23H26ClN5O4S2.ClH/c1-25-22(30)18-12-28(35(32,33)21-11-15-9-16(24)3-4-17(15)26-21)7-8-29(18)23(31)19-10-14-5-6-27(2)13-20(14)34-19;/h3-4,9-11,18,26H,5-8,12-13H2,1-2H3,(H,25,30);1H. The molecule has 0 radical (unpaired) electrons. The number of thiophene rings is 1. The number of rotatable bonds is 4. The molecule has 1 saturated heterocycles. The van der Waals surface area contributed by atoms with E-state index >= 15 is 0 Å². The van der Waals surface area contributed by atoms with Gasteiger partial charge in [0.15, 0.2) is 0 Å². The van der Waals surface area contributed by atoms with Crippen molar-refractivity contribution in [1.82, 2.24) is 24.4 Å². The van der Waals surface area contributed by atoms with E-state index in [4.69, 9.17) is 11.6 Å². The number of H-pyrrole nitrogens is 1. The first-order valence-electron chi connectivity index (χ1n) is 11.3. The Morgan fingerprint density at radius 2 is 1.94 bits per heavy atom. The van der Waals surface area contributed by atoms with Gasteiger partial charge in [0.05, 0.1) is 4.88 Å². The van der Waals surface area contributed by atoms with Gasteiger partial charge in [-0.2, -0.15) is 4.31 Å². The fraction of sp³-hybridized carbons (Fsp3) is 0.391. The maximum atomic E-state index is 13.5. The van der Waals surface area contributed by atoms with Crippen LogP contribution in [0.1, 0.15) is 20.1 Å². The van der Waals surface area contributed by atoms with Crippen LogP contribution >= 0.6 is 35.3 Å². The summed E-state index contributed by atoms with van der Waals surface area (Å²) in [5, 5.41) is 3.80. The lowest BCUT2D eigenvalue weighted by Gasteiger charge is -2.39. The van der Waals surface area contributed by atoms with Crippen LogP contribution in [0.3, 0.4) is 0 Å². The van der Waals surface area contributed by atoms with Gasteiger partial charge in [-0.25, -0.2) is 8.42 Å². The predicted octanol–water partition coefficient (Wildman–Crippen LogP) is 2.55. The Bertz CT molecular complexity index is 1420. The van der Waals surface area contributed by atoms with Crippen LogP contribution < -0.4 is 5.32 Å². The zero-order valence-electron chi connectivity index (χ0n) is 19.8. The molecule has 194 valence electrons. The van der Waals surface area contributed by atoms with Crippen LogP contribution in [0.15, 0.2) is 35.4 Å². The topological polar surface area (TPSA) is 106 Å². The number of nitrogens with zero attached hydrogens (tertiary/aromatic N) is 3. The van der Waals surface area contributed by atoms with E-state index in [1.807, 2.05) is 13.1 Å². The van der Waals surface area contributed by atoms with Crippen molar-refractivity contribution in [2.75, 3.05) is 40.3 Å². The van der Waals surface area contributed by atoms with Gasteiger partial charge in [-0.05, 0) is 49.4 Å². The highest BCUT2D eigenvalue weighted by molar-refractivity contribution is 7.89. The summed E-state index contributed by atoms with van der Waals surface area (Å²) in [6.07, 6.45) is 0.885. The fourth-order valence-electron chi connectivity index (χ4n) is 4.66. The van der Waals surface area contributed by atoms with Crippen molar-refractivity contribution in [2.45, 2.75) is 24.0 Å². The highest BCUT2D eigenvalue weighted by Gasteiger charge is 2.41. The molecule has 2 N–H and O–H groups in total. The molecule has 13 heteroatoms. The largest absolute Gasteiger partial charge is 0.357 e. The van der Waals surface area contributed by atoms with Gasteiger partial charge in [-0.15, -0.1) is 23.7 Å². The molecule has 0 saturated carbocycles. The molecule has 1 unspecified atom stereocenters. The zero-order chi connectivity index (χ0) is 24.9. The number of aromatic nitrogens is 1. The predicted molar refractivity (Wildman–Crippen MR) is 143 cm³/mol. The van der Waals surface area contributed by atoms with Crippen LogP contribution in [-0.2, 0) is 27.8 Å². The van der Waals surface area contributed by atoms with Gasteiger partial charge in [0.2, 0.25) is 5.91 Å². The molecule has 2 aromatic heterocycles. The average Bonchev–Trinajstić information content (AvgIpc) is 3.46. The van der Waals surface area contributed by atoms with Gasteiger partial charge in [0.1, 0.15) is 11.1 Å². The van der Waals surface area contributed by atoms with Crippen LogP contribution in [0.5, 0.6) is 0 Å². The molecule has 2 aliphatic heterocycles. The number of amides is 2. The Hall–Kier alpha value is -2.15. The molecule has 0 aliphatic carbocycles. The van der Waals surface area contributed by atoms with Crippen molar-refractivity contribution >= 4 is 68.1 Å². The SMILES string of the molecule is CNC(=O)C1CN(S(=O)(=O)c2cc3cc(Cl)ccc3[nH]2)CCN1C(=O)c1cc2c(s1)CN(C)CC2.Cl. The number of nitrogens with one attached hydrogen (secondary N) is 2. The number of fused-ring (bicyclic) bond motifs is 2. The summed E-state index contributed by atoms with van der Waals surface area (Å²) in [4.78, 5) is 34.6. The second-order valence-electron chi connectivity index (χ2n) is 8.90. The Labute approximate surface area is 224 Å². The second kappa shape index (κ2) is 10.3. The smallest absolute Gasteiger partial charge is 0.264 e. The van der Waals surface area contributed by atoms with Crippen molar-refractivity contribution < 1.29 is 18.0 Å². The minimum Gasteiger partial charge on any atom is -0.357 e.